The smallest absolute Gasteiger partial charge is 0.0862 e. The molecule has 29 heavy (non-hydrogen) atoms. The van der Waals surface area contributed by atoms with Crippen molar-refractivity contribution in [2.75, 3.05) is 0 Å². The van der Waals surface area contributed by atoms with E-state index in [1.54, 1.807) is 0 Å². The van der Waals surface area contributed by atoms with Crippen molar-refractivity contribution < 1.29 is 0 Å². The lowest BCUT2D eigenvalue weighted by Crippen LogP contribution is -2.53. The van der Waals surface area contributed by atoms with Gasteiger partial charge in [-0.15, -0.1) is 0 Å². The second-order valence-electron chi connectivity index (χ2n) is 9.30. The van der Waals surface area contributed by atoms with Gasteiger partial charge in [-0.2, -0.15) is 0 Å². The van der Waals surface area contributed by atoms with E-state index in [1.165, 1.54) is 33.4 Å². The minimum Gasteiger partial charge on any atom is -0.0885 e. The average Bonchev–Trinajstić information content (AvgIpc) is 3.10. The molecule has 152 valence electrons. The van der Waals surface area contributed by atoms with Crippen molar-refractivity contribution in [1.29, 1.82) is 0 Å². The lowest BCUT2D eigenvalue weighted by Gasteiger charge is -2.49. The molecule has 2 aliphatic rings. The molecule has 0 saturated carbocycles. The van der Waals surface area contributed by atoms with E-state index < -0.39 is 8.07 Å². The second-order valence-corrected chi connectivity index (χ2v) is 15.6. The van der Waals surface area contributed by atoms with E-state index in [0.717, 1.165) is 10.1 Å². The van der Waals surface area contributed by atoms with Gasteiger partial charge in [0, 0.05) is 21.1 Å². The summed E-state index contributed by atoms with van der Waals surface area (Å²) in [6.45, 7) is 14.0. The molecule has 2 aliphatic carbocycles. The van der Waals surface area contributed by atoms with Crippen LogP contribution in [0.1, 0.15) is 74.9 Å². The Morgan fingerprint density at radius 3 is 1.34 bits per heavy atom. The molecule has 2 unspecified atom stereocenters. The first-order valence-corrected chi connectivity index (χ1v) is 13.7. The molecule has 2 atom stereocenters. The van der Waals surface area contributed by atoms with E-state index in [4.69, 9.17) is 23.2 Å². The molecule has 2 aromatic rings. The van der Waals surface area contributed by atoms with Crippen molar-refractivity contribution in [3.63, 3.8) is 0 Å². The molecule has 0 radical (unpaired) electrons. The number of fused-ring (bicyclic) bond motifs is 2. The molecular weight excluding hydrogens is 411 g/mol. The van der Waals surface area contributed by atoms with Gasteiger partial charge in [-0.3, -0.25) is 0 Å². The fraction of sp³-hybridized carbons (Fsp3) is 0.385. The molecule has 0 spiro atoms. The van der Waals surface area contributed by atoms with E-state index in [2.05, 4.69) is 90.1 Å². The third-order valence-corrected chi connectivity index (χ3v) is 16.1. The number of allylic oxidation sites excluding steroid dienone is 4. The summed E-state index contributed by atoms with van der Waals surface area (Å²) in [4.78, 5) is 0. The Morgan fingerprint density at radius 1 is 0.655 bits per heavy atom. The Kier molecular flexibility index (Phi) is 5.38. The number of halogens is 2. The Hall–Kier alpha value is -1.28. The number of hydrogen-bond donors (Lipinski definition) is 0. The summed E-state index contributed by atoms with van der Waals surface area (Å²) in [7, 11) is -2.18. The van der Waals surface area contributed by atoms with Crippen LogP contribution < -0.4 is 0 Å². The molecule has 0 aliphatic heterocycles. The van der Waals surface area contributed by atoms with E-state index >= 15 is 0 Å². The zero-order valence-corrected chi connectivity index (χ0v) is 20.7. The van der Waals surface area contributed by atoms with Gasteiger partial charge >= 0.3 is 0 Å². The molecular formula is C26H30Cl2Si. The summed E-state index contributed by atoms with van der Waals surface area (Å²) in [6.07, 6.45) is 0. The highest BCUT2D eigenvalue weighted by Gasteiger charge is 2.58. The average molecular weight is 442 g/mol. The largest absolute Gasteiger partial charge is 0.0885 e. The predicted molar refractivity (Wildman–Crippen MR) is 131 cm³/mol. The molecule has 0 bridgehead atoms. The Balaban J connectivity index is 2.05. The molecule has 0 aromatic heterocycles. The highest BCUT2D eigenvalue weighted by atomic mass is 35.5. The molecule has 0 fully saturated rings. The molecule has 0 nitrogen and oxygen atoms in total. The minimum absolute atomic E-state index is 0.276. The van der Waals surface area contributed by atoms with Gasteiger partial charge in [-0.1, -0.05) is 99.4 Å². The van der Waals surface area contributed by atoms with Crippen molar-refractivity contribution in [2.45, 2.75) is 63.7 Å². The van der Waals surface area contributed by atoms with Gasteiger partial charge in [0.25, 0.3) is 0 Å². The predicted octanol–water partition coefficient (Wildman–Crippen LogP) is 8.87. The lowest BCUT2D eigenvalue weighted by molar-refractivity contribution is 0.798. The maximum atomic E-state index is 7.21. The number of benzene rings is 2. The molecule has 0 amide bonds. The molecule has 4 rings (SSSR count). The van der Waals surface area contributed by atoms with Crippen molar-refractivity contribution in [3.05, 3.63) is 80.8 Å². The maximum absolute atomic E-state index is 7.21. The summed E-state index contributed by atoms with van der Waals surface area (Å²) in [6, 6.07) is 17.7. The number of hydrogen-bond acceptors (Lipinski definition) is 0. The van der Waals surface area contributed by atoms with Crippen LogP contribution in [-0.2, 0) is 0 Å². The van der Waals surface area contributed by atoms with Crippen molar-refractivity contribution in [1.82, 2.24) is 0 Å². The van der Waals surface area contributed by atoms with Gasteiger partial charge in [-0.05, 0) is 58.3 Å². The van der Waals surface area contributed by atoms with Crippen LogP contribution in [-0.4, -0.2) is 8.07 Å². The van der Waals surface area contributed by atoms with Gasteiger partial charge in [-0.25, -0.2) is 0 Å². The van der Waals surface area contributed by atoms with Gasteiger partial charge < -0.3 is 0 Å². The highest BCUT2D eigenvalue weighted by Crippen LogP contribution is 2.63. The van der Waals surface area contributed by atoms with Crippen molar-refractivity contribution in [3.8, 4) is 0 Å². The van der Waals surface area contributed by atoms with Crippen LogP contribution in [0.2, 0.25) is 11.1 Å². The van der Waals surface area contributed by atoms with E-state index in [9.17, 15) is 0 Å². The van der Waals surface area contributed by atoms with Crippen LogP contribution in [0.15, 0.2) is 58.6 Å². The monoisotopic (exact) mass is 440 g/mol. The highest BCUT2D eigenvalue weighted by molar-refractivity contribution is 6.88. The Labute approximate surface area is 186 Å². The maximum Gasteiger partial charge on any atom is 0.0862 e. The molecule has 0 saturated heterocycles. The molecule has 3 heteroatoms. The van der Waals surface area contributed by atoms with Crippen molar-refractivity contribution in [2.24, 2.45) is 0 Å². The van der Waals surface area contributed by atoms with Crippen LogP contribution in [0.4, 0.5) is 0 Å². The van der Waals surface area contributed by atoms with Gasteiger partial charge in [0.1, 0.15) is 0 Å². The summed E-state index contributed by atoms with van der Waals surface area (Å²) >= 11 is 14.4. The topological polar surface area (TPSA) is 0 Å². The van der Waals surface area contributed by atoms with Crippen LogP contribution in [0.25, 0.3) is 11.1 Å². The van der Waals surface area contributed by atoms with Gasteiger partial charge in [0.05, 0.1) is 8.07 Å². The Morgan fingerprint density at radius 2 is 1.00 bits per heavy atom. The van der Waals surface area contributed by atoms with E-state index in [1.807, 2.05) is 0 Å². The van der Waals surface area contributed by atoms with Gasteiger partial charge in [0.15, 0.2) is 0 Å². The van der Waals surface area contributed by atoms with Crippen LogP contribution >= 0.6 is 23.2 Å². The molecule has 2 aromatic carbocycles. The second kappa shape index (κ2) is 7.44. The third-order valence-electron chi connectivity index (χ3n) is 7.57. The Bertz CT molecular complexity index is 945. The quantitative estimate of drug-likeness (QED) is 0.416. The van der Waals surface area contributed by atoms with E-state index in [-0.39, 0.29) is 11.1 Å². The summed E-state index contributed by atoms with van der Waals surface area (Å²) in [5, 5.41) is 2.10. The van der Waals surface area contributed by atoms with Crippen LogP contribution in [0.3, 0.4) is 0 Å². The number of rotatable bonds is 4. The van der Waals surface area contributed by atoms with Crippen LogP contribution in [0.5, 0.6) is 0 Å². The normalized spacial score (nSPS) is 21.4. The van der Waals surface area contributed by atoms with Crippen LogP contribution in [0, 0.1) is 0 Å². The van der Waals surface area contributed by atoms with Gasteiger partial charge in [0.2, 0.25) is 0 Å². The molecule has 0 heterocycles. The zero-order chi connectivity index (χ0) is 21.1. The summed E-state index contributed by atoms with van der Waals surface area (Å²) in [5.74, 6) is 0. The fourth-order valence-corrected chi connectivity index (χ4v) is 15.1. The lowest BCUT2D eigenvalue weighted by atomic mass is 10.1. The first kappa shape index (κ1) is 21.0. The first-order chi connectivity index (χ1) is 13.7. The first-order valence-electron chi connectivity index (χ1n) is 10.7. The summed E-state index contributed by atoms with van der Waals surface area (Å²) < 4.78 is 0. The zero-order valence-electron chi connectivity index (χ0n) is 18.2. The van der Waals surface area contributed by atoms with Crippen molar-refractivity contribution >= 4 is 42.4 Å². The third kappa shape index (κ3) is 2.77. The van der Waals surface area contributed by atoms with E-state index in [0.29, 0.717) is 11.1 Å². The molecule has 0 N–H and O–H groups in total. The standard InChI is InChI=1S/C26H30Cl2Si/c1-15(2)29(16(3)4,25-21-13-9-7-11-19(21)17(5)23(25)27)26-22-14-10-8-12-20(22)18(6)24(26)28/h7-16,25-26H,1-6H3. The SMILES string of the molecule is CC1=C(Cl)C([Si](C(C)C)(C(C)C)C2C(Cl)=C(C)c3ccccc32)c2ccccc21. The minimum atomic E-state index is -2.18. The summed E-state index contributed by atoms with van der Waals surface area (Å²) in [5.41, 5.74) is 9.56. The fourth-order valence-electron chi connectivity index (χ4n) is 6.29.